The van der Waals surface area contributed by atoms with Crippen molar-refractivity contribution in [1.82, 2.24) is 0 Å². The molecule has 0 aromatic rings. The van der Waals surface area contributed by atoms with E-state index in [4.69, 9.17) is 15.3 Å². The first-order chi connectivity index (χ1) is 4.12. The lowest BCUT2D eigenvalue weighted by Gasteiger charge is -2.17. The quantitative estimate of drug-likeness (QED) is 0.435. The molecule has 0 saturated carbocycles. The Bertz CT molecular complexity index is 71.4. The maximum atomic E-state index is 8.54. The van der Waals surface area contributed by atoms with Gasteiger partial charge in [-0.2, -0.15) is 0 Å². The van der Waals surface area contributed by atoms with E-state index >= 15 is 0 Å². The van der Waals surface area contributed by atoms with Crippen molar-refractivity contribution in [2.24, 2.45) is 0 Å². The van der Waals surface area contributed by atoms with Gasteiger partial charge in [-0.05, 0) is 6.42 Å². The van der Waals surface area contributed by atoms with Crippen LogP contribution in [-0.2, 0) is 4.74 Å². The highest BCUT2D eigenvalue weighted by atomic mass is 16.8. The molecule has 0 aliphatic heterocycles. The van der Waals surface area contributed by atoms with Crippen LogP contribution in [0.2, 0.25) is 0 Å². The Morgan fingerprint density at radius 3 is 2.33 bits per heavy atom. The van der Waals surface area contributed by atoms with E-state index in [2.05, 4.69) is 4.74 Å². The van der Waals surface area contributed by atoms with Gasteiger partial charge in [0, 0.05) is 0 Å². The van der Waals surface area contributed by atoms with Crippen LogP contribution in [-0.4, -0.2) is 34.5 Å². The average Bonchev–Trinajstić information content (AvgIpc) is 1.84. The third-order valence-electron chi connectivity index (χ3n) is 0.743. The van der Waals surface area contributed by atoms with Crippen LogP contribution in [0.15, 0.2) is 0 Å². The summed E-state index contributed by atoms with van der Waals surface area (Å²) in [7, 11) is 0. The molecule has 0 spiro atoms. The molecule has 56 valence electrons. The number of hydrogen-bond donors (Lipinski definition) is 3. The van der Waals surface area contributed by atoms with Crippen LogP contribution in [0.5, 0.6) is 0 Å². The molecule has 0 aromatic carbocycles. The summed E-state index contributed by atoms with van der Waals surface area (Å²) in [6.07, 6.45) is 0.683. The monoisotopic (exact) mass is 136 g/mol. The minimum absolute atomic E-state index is 0.230. The molecule has 4 heteroatoms. The van der Waals surface area contributed by atoms with E-state index in [1.54, 1.807) is 0 Å². The number of aliphatic hydroxyl groups is 3. The summed E-state index contributed by atoms with van der Waals surface area (Å²) in [5.41, 5.74) is 0. The van der Waals surface area contributed by atoms with Gasteiger partial charge in [-0.1, -0.05) is 6.92 Å². The molecule has 0 heterocycles. The average molecular weight is 136 g/mol. The summed E-state index contributed by atoms with van der Waals surface area (Å²) < 4.78 is 4.39. The van der Waals surface area contributed by atoms with Crippen LogP contribution in [0.1, 0.15) is 13.3 Å². The van der Waals surface area contributed by atoms with E-state index in [-0.39, 0.29) is 6.61 Å². The van der Waals surface area contributed by atoms with E-state index < -0.39 is 12.6 Å². The van der Waals surface area contributed by atoms with Crippen LogP contribution in [0, 0.1) is 0 Å². The highest BCUT2D eigenvalue weighted by Gasteiger charge is 2.21. The van der Waals surface area contributed by atoms with Crippen LogP contribution in [0.3, 0.4) is 0 Å². The Morgan fingerprint density at radius 1 is 1.44 bits per heavy atom. The first-order valence-electron chi connectivity index (χ1n) is 2.82. The van der Waals surface area contributed by atoms with Crippen molar-refractivity contribution in [3.8, 4) is 0 Å². The van der Waals surface area contributed by atoms with Crippen LogP contribution >= 0.6 is 0 Å². The Kier molecular flexibility index (Phi) is 3.72. The third kappa shape index (κ3) is 4.35. The van der Waals surface area contributed by atoms with Gasteiger partial charge in [0.15, 0.2) is 0 Å². The summed E-state index contributed by atoms with van der Waals surface area (Å²) in [5, 5.41) is 25.3. The van der Waals surface area contributed by atoms with Gasteiger partial charge in [0.05, 0.1) is 6.61 Å². The zero-order chi connectivity index (χ0) is 7.33. The van der Waals surface area contributed by atoms with E-state index in [1.807, 2.05) is 6.92 Å². The maximum Gasteiger partial charge on any atom is 0.302 e. The van der Waals surface area contributed by atoms with Crippen molar-refractivity contribution < 1.29 is 20.1 Å². The second kappa shape index (κ2) is 3.79. The summed E-state index contributed by atoms with van der Waals surface area (Å²) in [5.74, 6) is -2.35. The van der Waals surface area contributed by atoms with E-state index in [1.165, 1.54) is 0 Å². The van der Waals surface area contributed by atoms with Gasteiger partial charge in [-0.3, -0.25) is 0 Å². The lowest BCUT2D eigenvalue weighted by Crippen LogP contribution is -2.36. The Labute approximate surface area is 53.7 Å². The van der Waals surface area contributed by atoms with Gasteiger partial charge in [0.25, 0.3) is 0 Å². The standard InChI is InChI=1S/C5H12O4/c1-2-3-9-5(7,8)4-6/h6-8H,2-4H2,1H3. The molecule has 0 aliphatic carbocycles. The Hall–Kier alpha value is -0.160. The topological polar surface area (TPSA) is 69.9 Å². The summed E-state index contributed by atoms with van der Waals surface area (Å²) in [6, 6.07) is 0. The molecule has 0 radical (unpaired) electrons. The van der Waals surface area contributed by atoms with Crippen LogP contribution in [0.25, 0.3) is 0 Å². The fourth-order valence-corrected chi connectivity index (χ4v) is 0.311. The number of rotatable bonds is 4. The van der Waals surface area contributed by atoms with Crippen molar-refractivity contribution in [2.75, 3.05) is 13.2 Å². The van der Waals surface area contributed by atoms with Crippen molar-refractivity contribution >= 4 is 0 Å². The minimum Gasteiger partial charge on any atom is -0.388 e. The smallest absolute Gasteiger partial charge is 0.302 e. The van der Waals surface area contributed by atoms with Crippen LogP contribution < -0.4 is 0 Å². The van der Waals surface area contributed by atoms with Crippen molar-refractivity contribution in [1.29, 1.82) is 0 Å². The normalized spacial score (nSPS) is 12.0. The SMILES string of the molecule is CCCOC(O)(O)CO. The molecule has 0 bridgehead atoms. The number of hydrogen-bond acceptors (Lipinski definition) is 4. The largest absolute Gasteiger partial charge is 0.388 e. The second-order valence-corrected chi connectivity index (χ2v) is 1.75. The molecule has 0 rings (SSSR count). The first-order valence-corrected chi connectivity index (χ1v) is 2.82. The van der Waals surface area contributed by atoms with Gasteiger partial charge in [0.2, 0.25) is 0 Å². The molecule has 9 heavy (non-hydrogen) atoms. The predicted molar refractivity (Wildman–Crippen MR) is 30.5 cm³/mol. The Balaban J connectivity index is 3.33. The number of ether oxygens (including phenoxy) is 1. The van der Waals surface area contributed by atoms with Gasteiger partial charge in [0.1, 0.15) is 6.61 Å². The third-order valence-corrected chi connectivity index (χ3v) is 0.743. The van der Waals surface area contributed by atoms with Gasteiger partial charge < -0.3 is 20.1 Å². The molecular formula is C5H12O4. The lowest BCUT2D eigenvalue weighted by atomic mass is 10.5. The zero-order valence-electron chi connectivity index (χ0n) is 5.37. The number of aliphatic hydroxyl groups excluding tert-OH is 1. The van der Waals surface area contributed by atoms with Crippen molar-refractivity contribution in [3.05, 3.63) is 0 Å². The van der Waals surface area contributed by atoms with Gasteiger partial charge in [-0.15, -0.1) is 0 Å². The summed E-state index contributed by atoms with van der Waals surface area (Å²) in [4.78, 5) is 0. The zero-order valence-corrected chi connectivity index (χ0v) is 5.37. The molecule has 0 amide bonds. The predicted octanol–water partition coefficient (Wildman–Crippen LogP) is -0.956. The molecule has 0 aromatic heterocycles. The van der Waals surface area contributed by atoms with Gasteiger partial charge in [-0.25, -0.2) is 0 Å². The fourth-order valence-electron chi connectivity index (χ4n) is 0.311. The van der Waals surface area contributed by atoms with Gasteiger partial charge >= 0.3 is 5.97 Å². The Morgan fingerprint density at radius 2 is 2.00 bits per heavy atom. The minimum atomic E-state index is -2.35. The van der Waals surface area contributed by atoms with E-state index in [9.17, 15) is 0 Å². The highest BCUT2D eigenvalue weighted by molar-refractivity contribution is 4.43. The van der Waals surface area contributed by atoms with Crippen molar-refractivity contribution in [3.63, 3.8) is 0 Å². The summed E-state index contributed by atoms with van der Waals surface area (Å²) in [6.45, 7) is 1.26. The fraction of sp³-hybridized carbons (Fsp3) is 1.00. The van der Waals surface area contributed by atoms with Crippen LogP contribution in [0.4, 0.5) is 0 Å². The molecule has 0 fully saturated rings. The molecular weight excluding hydrogens is 124 g/mol. The molecule has 0 atom stereocenters. The molecule has 0 saturated heterocycles. The second-order valence-electron chi connectivity index (χ2n) is 1.75. The highest BCUT2D eigenvalue weighted by Crippen LogP contribution is 1.99. The summed E-state index contributed by atoms with van der Waals surface area (Å²) >= 11 is 0. The molecule has 3 N–H and O–H groups in total. The lowest BCUT2D eigenvalue weighted by molar-refractivity contribution is -0.350. The maximum absolute atomic E-state index is 8.54. The molecule has 0 unspecified atom stereocenters. The van der Waals surface area contributed by atoms with E-state index in [0.717, 1.165) is 0 Å². The van der Waals surface area contributed by atoms with E-state index in [0.29, 0.717) is 6.42 Å². The van der Waals surface area contributed by atoms with Crippen molar-refractivity contribution in [2.45, 2.75) is 19.3 Å². The molecule has 0 aliphatic rings. The molecule has 4 nitrogen and oxygen atoms in total. The first kappa shape index (κ1) is 8.84.